The third-order valence-corrected chi connectivity index (χ3v) is 2.74. The van der Waals surface area contributed by atoms with Crippen molar-refractivity contribution in [2.24, 2.45) is 0 Å². The zero-order valence-electron chi connectivity index (χ0n) is 9.28. The van der Waals surface area contributed by atoms with Crippen molar-refractivity contribution in [1.82, 2.24) is 9.97 Å². The van der Waals surface area contributed by atoms with Crippen LogP contribution in [-0.2, 0) is 6.18 Å². The third-order valence-electron chi connectivity index (χ3n) is 2.08. The Morgan fingerprint density at radius 1 is 1.21 bits per heavy atom. The van der Waals surface area contributed by atoms with Gasteiger partial charge < -0.3 is 10.5 Å². The summed E-state index contributed by atoms with van der Waals surface area (Å²) < 4.78 is 43.1. The van der Waals surface area contributed by atoms with Gasteiger partial charge in [0.1, 0.15) is 5.75 Å². The molecule has 0 fully saturated rings. The van der Waals surface area contributed by atoms with Crippen LogP contribution in [0.5, 0.6) is 11.8 Å². The third kappa shape index (κ3) is 3.34. The number of ether oxygens (including phenoxy) is 1. The van der Waals surface area contributed by atoms with Crippen molar-refractivity contribution in [1.29, 1.82) is 0 Å². The number of nitrogens with two attached hydrogens (primary N) is 1. The van der Waals surface area contributed by atoms with Crippen LogP contribution < -0.4 is 10.5 Å². The van der Waals surface area contributed by atoms with Crippen LogP contribution in [0, 0.1) is 0 Å². The molecule has 0 aliphatic carbocycles. The van der Waals surface area contributed by atoms with Crippen LogP contribution in [0.1, 0.15) is 5.69 Å². The second-order valence-electron chi connectivity index (χ2n) is 3.51. The van der Waals surface area contributed by atoms with Crippen LogP contribution >= 0.6 is 15.9 Å². The normalized spacial score (nSPS) is 11.4. The SMILES string of the molecule is Nc1ccc(Br)c(Oc2nccc(C(F)(F)F)n2)c1. The lowest BCUT2D eigenvalue weighted by Gasteiger charge is -2.09. The molecule has 19 heavy (non-hydrogen) atoms. The van der Waals surface area contributed by atoms with Crippen molar-refractivity contribution in [3.8, 4) is 11.8 Å². The van der Waals surface area contributed by atoms with Gasteiger partial charge >= 0.3 is 12.2 Å². The molecule has 0 spiro atoms. The quantitative estimate of drug-likeness (QED) is 0.852. The molecule has 0 atom stereocenters. The van der Waals surface area contributed by atoms with Crippen molar-refractivity contribution in [2.45, 2.75) is 6.18 Å². The second-order valence-corrected chi connectivity index (χ2v) is 4.37. The minimum absolute atomic E-state index is 0.235. The number of hydrogen-bond donors (Lipinski definition) is 1. The standard InChI is InChI=1S/C11H7BrF3N3O/c12-7-2-1-6(16)5-8(7)19-10-17-4-3-9(18-10)11(13,14)15/h1-5H,16H2. The molecule has 0 unspecified atom stereocenters. The first-order chi connectivity index (χ1) is 8.86. The maximum atomic E-state index is 12.5. The summed E-state index contributed by atoms with van der Waals surface area (Å²) in [5.74, 6) is 0.235. The molecule has 0 saturated carbocycles. The van der Waals surface area contributed by atoms with Crippen molar-refractivity contribution < 1.29 is 17.9 Å². The maximum Gasteiger partial charge on any atom is 0.433 e. The number of aromatic nitrogens is 2. The largest absolute Gasteiger partial charge is 0.433 e. The Bertz CT molecular complexity index is 604. The van der Waals surface area contributed by atoms with Gasteiger partial charge in [0, 0.05) is 18.0 Å². The van der Waals surface area contributed by atoms with Crippen LogP contribution in [0.2, 0.25) is 0 Å². The van der Waals surface area contributed by atoms with Gasteiger partial charge in [-0.1, -0.05) is 0 Å². The van der Waals surface area contributed by atoms with Gasteiger partial charge in [0.2, 0.25) is 0 Å². The topological polar surface area (TPSA) is 61.0 Å². The number of rotatable bonds is 2. The first-order valence-electron chi connectivity index (χ1n) is 4.99. The van der Waals surface area contributed by atoms with E-state index in [4.69, 9.17) is 10.5 Å². The summed E-state index contributed by atoms with van der Waals surface area (Å²) in [5, 5.41) is 0. The van der Waals surface area contributed by atoms with Gasteiger partial charge in [-0.3, -0.25) is 0 Å². The Morgan fingerprint density at radius 2 is 1.95 bits per heavy atom. The molecule has 2 rings (SSSR count). The molecule has 1 aromatic carbocycles. The van der Waals surface area contributed by atoms with Gasteiger partial charge in [0.25, 0.3) is 0 Å². The van der Waals surface area contributed by atoms with E-state index in [9.17, 15) is 13.2 Å². The highest BCUT2D eigenvalue weighted by atomic mass is 79.9. The van der Waals surface area contributed by atoms with Crippen LogP contribution in [0.3, 0.4) is 0 Å². The minimum atomic E-state index is -4.55. The highest BCUT2D eigenvalue weighted by Gasteiger charge is 2.33. The van der Waals surface area contributed by atoms with E-state index in [0.717, 1.165) is 12.3 Å². The van der Waals surface area contributed by atoms with E-state index in [2.05, 4.69) is 25.9 Å². The predicted molar refractivity (Wildman–Crippen MR) is 65.7 cm³/mol. The zero-order valence-corrected chi connectivity index (χ0v) is 10.9. The molecule has 2 N–H and O–H groups in total. The van der Waals surface area contributed by atoms with Crippen molar-refractivity contribution in [3.63, 3.8) is 0 Å². The summed E-state index contributed by atoms with van der Waals surface area (Å²) in [4.78, 5) is 6.91. The van der Waals surface area contributed by atoms with Crippen molar-refractivity contribution in [2.75, 3.05) is 5.73 Å². The van der Waals surface area contributed by atoms with E-state index in [0.29, 0.717) is 10.2 Å². The number of nitrogen functional groups attached to an aromatic ring is 1. The molecular formula is C11H7BrF3N3O. The van der Waals surface area contributed by atoms with E-state index in [-0.39, 0.29) is 5.75 Å². The Morgan fingerprint density at radius 3 is 2.63 bits per heavy atom. The first kappa shape index (κ1) is 13.6. The van der Waals surface area contributed by atoms with Gasteiger partial charge in [0.05, 0.1) is 4.47 Å². The summed E-state index contributed by atoms with van der Waals surface area (Å²) in [7, 11) is 0. The molecule has 1 heterocycles. The summed E-state index contributed by atoms with van der Waals surface area (Å²) >= 11 is 3.19. The van der Waals surface area contributed by atoms with Crippen LogP contribution in [0.15, 0.2) is 34.9 Å². The Labute approximate surface area is 114 Å². The first-order valence-corrected chi connectivity index (χ1v) is 5.78. The fourth-order valence-corrected chi connectivity index (χ4v) is 1.57. The van der Waals surface area contributed by atoms with Gasteiger partial charge in [-0.05, 0) is 34.1 Å². The minimum Gasteiger partial charge on any atom is -0.423 e. The average Bonchev–Trinajstić information content (AvgIpc) is 2.33. The molecule has 100 valence electrons. The van der Waals surface area contributed by atoms with Crippen LogP contribution in [0.4, 0.5) is 18.9 Å². The molecule has 0 saturated heterocycles. The predicted octanol–water partition coefficient (Wildman–Crippen LogP) is 3.63. The number of hydrogen-bond acceptors (Lipinski definition) is 4. The Balaban J connectivity index is 2.31. The highest BCUT2D eigenvalue weighted by Crippen LogP contribution is 2.32. The molecule has 2 aromatic rings. The number of halogens is 4. The van der Waals surface area contributed by atoms with Gasteiger partial charge in [0.15, 0.2) is 5.69 Å². The Kier molecular flexibility index (Phi) is 3.61. The summed E-state index contributed by atoms with van der Waals surface area (Å²) in [5.41, 5.74) is 4.89. The number of nitrogens with zero attached hydrogens (tertiary/aromatic N) is 2. The molecule has 0 amide bonds. The van der Waals surface area contributed by atoms with Crippen LogP contribution in [-0.4, -0.2) is 9.97 Å². The lowest BCUT2D eigenvalue weighted by atomic mass is 10.3. The summed E-state index contributed by atoms with van der Waals surface area (Å²) in [6, 6.07) is 5.04. The van der Waals surface area contributed by atoms with Crippen molar-refractivity contribution >= 4 is 21.6 Å². The highest BCUT2D eigenvalue weighted by molar-refractivity contribution is 9.10. The van der Waals surface area contributed by atoms with E-state index in [1.807, 2.05) is 0 Å². The molecule has 4 nitrogen and oxygen atoms in total. The fraction of sp³-hybridized carbons (Fsp3) is 0.0909. The lowest BCUT2D eigenvalue weighted by Crippen LogP contribution is -2.09. The Hall–Kier alpha value is -1.83. The monoisotopic (exact) mass is 333 g/mol. The summed E-state index contributed by atoms with van der Waals surface area (Å²) in [6.07, 6.45) is -3.57. The van der Waals surface area contributed by atoms with Gasteiger partial charge in [-0.15, -0.1) is 0 Å². The number of anilines is 1. The number of benzene rings is 1. The molecule has 0 aliphatic heterocycles. The maximum absolute atomic E-state index is 12.5. The zero-order chi connectivity index (χ0) is 14.0. The molecule has 0 aliphatic rings. The van der Waals surface area contributed by atoms with E-state index >= 15 is 0 Å². The molecule has 0 radical (unpaired) electrons. The lowest BCUT2D eigenvalue weighted by molar-refractivity contribution is -0.141. The van der Waals surface area contributed by atoms with E-state index in [1.165, 1.54) is 6.07 Å². The smallest absolute Gasteiger partial charge is 0.423 e. The van der Waals surface area contributed by atoms with Gasteiger partial charge in [-0.2, -0.15) is 18.2 Å². The van der Waals surface area contributed by atoms with E-state index < -0.39 is 17.9 Å². The van der Waals surface area contributed by atoms with Crippen LogP contribution in [0.25, 0.3) is 0 Å². The summed E-state index contributed by atoms with van der Waals surface area (Å²) in [6.45, 7) is 0. The molecule has 1 aromatic heterocycles. The molecular weight excluding hydrogens is 327 g/mol. The number of alkyl halides is 3. The molecule has 8 heteroatoms. The second kappa shape index (κ2) is 5.04. The van der Waals surface area contributed by atoms with E-state index in [1.54, 1.807) is 12.1 Å². The van der Waals surface area contributed by atoms with Gasteiger partial charge in [-0.25, -0.2) is 4.98 Å². The molecule has 0 bridgehead atoms. The van der Waals surface area contributed by atoms with Crippen molar-refractivity contribution in [3.05, 3.63) is 40.6 Å². The fourth-order valence-electron chi connectivity index (χ4n) is 1.24. The average molecular weight is 334 g/mol.